The van der Waals surface area contributed by atoms with Gasteiger partial charge in [-0.1, -0.05) is 0 Å². The van der Waals surface area contributed by atoms with Crippen LogP contribution in [0.25, 0.3) is 0 Å². The third kappa shape index (κ3) is 3.47. The first-order chi connectivity index (χ1) is 6.95. The van der Waals surface area contributed by atoms with E-state index in [4.69, 9.17) is 4.74 Å². The molecule has 1 fully saturated rings. The van der Waals surface area contributed by atoms with Crippen molar-refractivity contribution in [1.29, 1.82) is 0 Å². The van der Waals surface area contributed by atoms with Crippen LogP contribution >= 0.6 is 0 Å². The van der Waals surface area contributed by atoms with Crippen molar-refractivity contribution in [1.82, 2.24) is 10.2 Å². The molecule has 1 N–H and O–H groups in total. The lowest BCUT2D eigenvalue weighted by Gasteiger charge is -2.36. The molecule has 0 spiro atoms. The summed E-state index contributed by atoms with van der Waals surface area (Å²) in [6.45, 7) is 9.81. The summed E-state index contributed by atoms with van der Waals surface area (Å²) >= 11 is 0. The van der Waals surface area contributed by atoms with Gasteiger partial charge in [-0.15, -0.1) is 0 Å². The fraction of sp³-hybridized carbons (Fsp3) is 0.909. The number of hydrogen-bond donors (Lipinski definition) is 1. The van der Waals surface area contributed by atoms with Gasteiger partial charge >= 0.3 is 5.97 Å². The number of nitrogens with one attached hydrogen (secondary N) is 1. The van der Waals surface area contributed by atoms with Crippen molar-refractivity contribution in [2.24, 2.45) is 5.41 Å². The van der Waals surface area contributed by atoms with Gasteiger partial charge in [-0.25, -0.2) is 0 Å². The highest BCUT2D eigenvalue weighted by molar-refractivity contribution is 5.76. The molecule has 0 aromatic carbocycles. The van der Waals surface area contributed by atoms with Crippen molar-refractivity contribution >= 4 is 5.97 Å². The Hall–Kier alpha value is -0.610. The molecule has 1 rings (SSSR count). The summed E-state index contributed by atoms with van der Waals surface area (Å²) in [6.07, 6.45) is 0. The average Bonchev–Trinajstić information content (AvgIpc) is 2.15. The van der Waals surface area contributed by atoms with E-state index >= 15 is 0 Å². The van der Waals surface area contributed by atoms with E-state index in [2.05, 4.69) is 17.1 Å². The lowest BCUT2D eigenvalue weighted by atomic mass is 9.92. The molecule has 1 unspecified atom stereocenters. The zero-order valence-corrected chi connectivity index (χ0v) is 10.2. The van der Waals surface area contributed by atoms with Crippen LogP contribution in [0.2, 0.25) is 0 Å². The van der Waals surface area contributed by atoms with Crippen molar-refractivity contribution in [3.05, 3.63) is 0 Å². The topological polar surface area (TPSA) is 41.6 Å². The first-order valence-electron chi connectivity index (χ1n) is 5.50. The fourth-order valence-corrected chi connectivity index (χ4v) is 2.06. The van der Waals surface area contributed by atoms with Gasteiger partial charge in [0.25, 0.3) is 0 Å². The molecule has 15 heavy (non-hydrogen) atoms. The van der Waals surface area contributed by atoms with E-state index in [0.717, 1.165) is 26.2 Å². The number of hydrogen-bond acceptors (Lipinski definition) is 4. The SMILES string of the molecule is COC(=O)C(C)(C)CN1CCNC(C)C1. The average molecular weight is 214 g/mol. The minimum Gasteiger partial charge on any atom is -0.469 e. The Labute approximate surface area is 92.0 Å². The summed E-state index contributed by atoms with van der Waals surface area (Å²) in [5, 5.41) is 3.38. The van der Waals surface area contributed by atoms with Crippen LogP contribution in [0.3, 0.4) is 0 Å². The molecule has 88 valence electrons. The summed E-state index contributed by atoms with van der Waals surface area (Å²) in [7, 11) is 1.45. The smallest absolute Gasteiger partial charge is 0.312 e. The van der Waals surface area contributed by atoms with Crippen LogP contribution in [-0.2, 0) is 9.53 Å². The normalized spacial score (nSPS) is 23.9. The van der Waals surface area contributed by atoms with Crippen LogP contribution < -0.4 is 5.32 Å². The van der Waals surface area contributed by atoms with Gasteiger partial charge in [-0.2, -0.15) is 0 Å². The predicted octanol–water partition coefficient (Wildman–Crippen LogP) is 0.479. The highest BCUT2D eigenvalue weighted by Gasteiger charge is 2.32. The molecule has 1 atom stereocenters. The van der Waals surface area contributed by atoms with E-state index in [1.54, 1.807) is 0 Å². The number of methoxy groups -OCH3 is 1. The van der Waals surface area contributed by atoms with E-state index in [9.17, 15) is 4.79 Å². The molecule has 4 heteroatoms. The lowest BCUT2D eigenvalue weighted by molar-refractivity contribution is -0.152. The zero-order valence-electron chi connectivity index (χ0n) is 10.2. The molecule has 0 aliphatic carbocycles. The van der Waals surface area contributed by atoms with E-state index in [-0.39, 0.29) is 5.97 Å². The van der Waals surface area contributed by atoms with Crippen molar-refractivity contribution in [2.75, 3.05) is 33.3 Å². The number of carbonyl (C=O) groups excluding carboxylic acids is 1. The third-order valence-electron chi connectivity index (χ3n) is 2.81. The molecule has 0 aromatic heterocycles. The summed E-state index contributed by atoms with van der Waals surface area (Å²) < 4.78 is 4.80. The molecule has 1 saturated heterocycles. The van der Waals surface area contributed by atoms with Gasteiger partial charge in [0, 0.05) is 32.2 Å². The molecule has 0 saturated carbocycles. The Morgan fingerprint density at radius 3 is 2.80 bits per heavy atom. The monoisotopic (exact) mass is 214 g/mol. The van der Waals surface area contributed by atoms with Crippen molar-refractivity contribution in [3.8, 4) is 0 Å². The molecular formula is C11H22N2O2. The number of nitrogens with zero attached hydrogens (tertiary/aromatic N) is 1. The van der Waals surface area contributed by atoms with E-state index in [0.29, 0.717) is 6.04 Å². The maximum absolute atomic E-state index is 11.5. The van der Waals surface area contributed by atoms with E-state index in [1.165, 1.54) is 7.11 Å². The molecule has 1 aliphatic heterocycles. The number of piperazine rings is 1. The molecule has 0 bridgehead atoms. The standard InChI is InChI=1S/C11H22N2O2/c1-9-7-13(6-5-12-9)8-11(2,3)10(14)15-4/h9,12H,5-8H2,1-4H3. The minimum atomic E-state index is -0.411. The molecule has 0 amide bonds. The second-order valence-corrected chi connectivity index (χ2v) is 4.97. The highest BCUT2D eigenvalue weighted by atomic mass is 16.5. The molecule has 4 nitrogen and oxygen atoms in total. The van der Waals surface area contributed by atoms with Gasteiger partial charge in [0.1, 0.15) is 0 Å². The molecule has 0 aromatic rings. The van der Waals surface area contributed by atoms with Crippen LogP contribution in [0.15, 0.2) is 0 Å². The van der Waals surface area contributed by atoms with Crippen molar-refractivity contribution in [2.45, 2.75) is 26.8 Å². The van der Waals surface area contributed by atoms with Crippen LogP contribution in [0, 0.1) is 5.41 Å². The zero-order chi connectivity index (χ0) is 11.5. The number of ether oxygens (including phenoxy) is 1. The van der Waals surface area contributed by atoms with Gasteiger partial charge in [0.15, 0.2) is 0 Å². The summed E-state index contributed by atoms with van der Waals surface area (Å²) in [5.41, 5.74) is -0.411. The maximum Gasteiger partial charge on any atom is 0.312 e. The number of rotatable bonds is 3. The van der Waals surface area contributed by atoms with E-state index in [1.807, 2.05) is 13.8 Å². The maximum atomic E-state index is 11.5. The van der Waals surface area contributed by atoms with Gasteiger partial charge in [0.05, 0.1) is 12.5 Å². The fourth-order valence-electron chi connectivity index (χ4n) is 2.06. The summed E-state index contributed by atoms with van der Waals surface area (Å²) in [5.74, 6) is -0.131. The Bertz CT molecular complexity index is 229. The van der Waals surface area contributed by atoms with Crippen LogP contribution in [-0.4, -0.2) is 50.2 Å². The first kappa shape index (κ1) is 12.5. The Morgan fingerprint density at radius 2 is 2.27 bits per heavy atom. The summed E-state index contributed by atoms with van der Waals surface area (Å²) in [6, 6.07) is 0.507. The predicted molar refractivity (Wildman–Crippen MR) is 59.7 cm³/mol. The Morgan fingerprint density at radius 1 is 1.60 bits per heavy atom. The third-order valence-corrected chi connectivity index (χ3v) is 2.81. The second-order valence-electron chi connectivity index (χ2n) is 4.97. The Kier molecular flexibility index (Phi) is 4.11. The molecule has 1 aliphatic rings. The van der Waals surface area contributed by atoms with Gasteiger partial charge < -0.3 is 10.1 Å². The van der Waals surface area contributed by atoms with Crippen molar-refractivity contribution in [3.63, 3.8) is 0 Å². The minimum absolute atomic E-state index is 0.131. The van der Waals surface area contributed by atoms with Crippen LogP contribution in [0.5, 0.6) is 0 Å². The van der Waals surface area contributed by atoms with Crippen LogP contribution in [0.4, 0.5) is 0 Å². The van der Waals surface area contributed by atoms with E-state index < -0.39 is 5.41 Å². The quantitative estimate of drug-likeness (QED) is 0.694. The lowest BCUT2D eigenvalue weighted by Crippen LogP contribution is -2.52. The number of esters is 1. The highest BCUT2D eigenvalue weighted by Crippen LogP contribution is 2.19. The van der Waals surface area contributed by atoms with Crippen molar-refractivity contribution < 1.29 is 9.53 Å². The summed E-state index contributed by atoms with van der Waals surface area (Å²) in [4.78, 5) is 13.8. The molecular weight excluding hydrogens is 192 g/mol. The molecule has 0 radical (unpaired) electrons. The Balaban J connectivity index is 2.49. The van der Waals surface area contributed by atoms with Gasteiger partial charge in [0.2, 0.25) is 0 Å². The van der Waals surface area contributed by atoms with Gasteiger partial charge in [-0.05, 0) is 20.8 Å². The number of carbonyl (C=O) groups is 1. The second kappa shape index (κ2) is 4.94. The van der Waals surface area contributed by atoms with Crippen LogP contribution in [0.1, 0.15) is 20.8 Å². The first-order valence-corrected chi connectivity index (χ1v) is 5.50. The van der Waals surface area contributed by atoms with Gasteiger partial charge in [-0.3, -0.25) is 9.69 Å². The molecule has 1 heterocycles. The largest absolute Gasteiger partial charge is 0.469 e.